The van der Waals surface area contributed by atoms with Gasteiger partial charge in [-0.1, -0.05) is 375 Å². The van der Waals surface area contributed by atoms with E-state index in [-0.39, 0.29) is 25.7 Å². The Kier molecular flexibility index (Phi) is 71.6. The summed E-state index contributed by atoms with van der Waals surface area (Å²) in [4.78, 5) is 72.7. The topological polar surface area (TPSA) is 237 Å². The molecule has 0 aromatic carbocycles. The first-order valence-corrected chi connectivity index (χ1v) is 44.6. The highest BCUT2D eigenvalue weighted by Gasteiger charge is 2.30. The van der Waals surface area contributed by atoms with Crippen LogP contribution in [0.5, 0.6) is 0 Å². The number of esters is 4. The van der Waals surface area contributed by atoms with Crippen molar-refractivity contribution < 1.29 is 80.2 Å². The molecule has 3 N–H and O–H groups in total. The number of carbonyl (C=O) groups excluding carboxylic acids is 4. The van der Waals surface area contributed by atoms with Gasteiger partial charge >= 0.3 is 39.5 Å². The average Bonchev–Trinajstić information content (AvgIpc) is 1.00. The molecule has 0 aromatic heterocycles. The van der Waals surface area contributed by atoms with Crippen molar-refractivity contribution in [3.05, 3.63) is 0 Å². The van der Waals surface area contributed by atoms with Crippen LogP contribution < -0.4 is 0 Å². The summed E-state index contributed by atoms with van der Waals surface area (Å²) in [5, 5.41) is 10.6. The van der Waals surface area contributed by atoms with Gasteiger partial charge in [-0.25, -0.2) is 9.13 Å². The van der Waals surface area contributed by atoms with E-state index >= 15 is 0 Å². The van der Waals surface area contributed by atoms with E-state index in [4.69, 9.17) is 37.0 Å². The Bertz CT molecular complexity index is 1890. The van der Waals surface area contributed by atoms with Crippen molar-refractivity contribution in [2.45, 2.75) is 445 Å². The van der Waals surface area contributed by atoms with Gasteiger partial charge in [0.15, 0.2) is 12.2 Å². The monoisotopic (exact) mass is 1450 g/mol. The SMILES string of the molecule is CCCCCCCCCCCCCCCCCCCC(=O)OC[C@H](COP(=O)(O)OC[C@@H](O)COP(=O)(O)OC[C@@H](COC(=O)CCCCCCC)OC(=O)CCCCCCCCCCCCCCCCCC)OC(=O)CCCCCCCCCCCCCCCCCCCCC(C)C. The third-order valence-corrected chi connectivity index (χ3v) is 20.7. The summed E-state index contributed by atoms with van der Waals surface area (Å²) in [6.45, 7) is 7.28. The first-order chi connectivity index (χ1) is 48.0. The number of ether oxygens (including phenoxy) is 4. The number of unbranched alkanes of at least 4 members (excludes halogenated alkanes) is 52. The van der Waals surface area contributed by atoms with E-state index in [1.54, 1.807) is 0 Å². The van der Waals surface area contributed by atoms with Crippen molar-refractivity contribution in [2.75, 3.05) is 39.6 Å². The van der Waals surface area contributed by atoms with Crippen LogP contribution in [-0.4, -0.2) is 96.7 Å². The molecule has 588 valence electrons. The van der Waals surface area contributed by atoms with Crippen LogP contribution in [0.15, 0.2) is 0 Å². The van der Waals surface area contributed by atoms with E-state index in [2.05, 4.69) is 34.6 Å². The zero-order valence-electron chi connectivity index (χ0n) is 64.6. The predicted molar refractivity (Wildman–Crippen MR) is 405 cm³/mol. The van der Waals surface area contributed by atoms with E-state index in [1.165, 1.54) is 244 Å². The molecule has 0 heterocycles. The van der Waals surface area contributed by atoms with E-state index in [1.807, 2.05) is 0 Å². The van der Waals surface area contributed by atoms with Gasteiger partial charge in [0.05, 0.1) is 26.4 Å². The molecule has 17 nitrogen and oxygen atoms in total. The number of phosphoric acid groups is 2. The van der Waals surface area contributed by atoms with Crippen molar-refractivity contribution >= 4 is 39.5 Å². The van der Waals surface area contributed by atoms with Crippen LogP contribution in [0.1, 0.15) is 426 Å². The standard InChI is InChI=1S/C80H156O17P2/c1-6-9-12-15-17-19-21-23-25-29-34-37-41-45-49-54-59-64-78(83)91-70-76(97-80(85)66-61-56-51-47-43-39-35-31-28-27-30-32-36-40-44-48-53-57-62-73(4)5)72-95-99(88,89)93-68-74(81)67-92-98(86,87)94-71-75(69-90-77(82)63-58-52-14-11-8-3)96-79(84)65-60-55-50-46-42-38-33-26-24-22-20-18-16-13-10-7-2/h73-76,81H,6-72H2,1-5H3,(H,86,87)(H,88,89)/t74-,75+,76+/m0/s1. The Morgan fingerprint density at radius 1 is 0.273 bits per heavy atom. The lowest BCUT2D eigenvalue weighted by Gasteiger charge is -2.21. The fourth-order valence-electron chi connectivity index (χ4n) is 12.4. The van der Waals surface area contributed by atoms with Gasteiger partial charge in [0, 0.05) is 25.7 Å². The van der Waals surface area contributed by atoms with E-state index in [0.717, 1.165) is 102 Å². The van der Waals surface area contributed by atoms with Crippen LogP contribution in [0, 0.1) is 5.92 Å². The van der Waals surface area contributed by atoms with Gasteiger partial charge in [-0.2, -0.15) is 0 Å². The molecule has 0 bridgehead atoms. The number of hydrogen-bond donors (Lipinski definition) is 3. The molecule has 0 aliphatic heterocycles. The molecule has 0 spiro atoms. The molecule has 0 rings (SSSR count). The van der Waals surface area contributed by atoms with Crippen molar-refractivity contribution in [1.29, 1.82) is 0 Å². The van der Waals surface area contributed by atoms with Crippen LogP contribution in [0.25, 0.3) is 0 Å². The molecule has 99 heavy (non-hydrogen) atoms. The molecule has 0 fully saturated rings. The third-order valence-electron chi connectivity index (χ3n) is 18.8. The zero-order valence-corrected chi connectivity index (χ0v) is 66.4. The first kappa shape index (κ1) is 97.1. The Balaban J connectivity index is 5.11. The molecular weight excluding hydrogens is 1290 g/mol. The molecule has 0 aliphatic carbocycles. The van der Waals surface area contributed by atoms with Gasteiger partial charge in [0.1, 0.15) is 19.3 Å². The maximum atomic E-state index is 13.1. The highest BCUT2D eigenvalue weighted by Crippen LogP contribution is 2.45. The minimum atomic E-state index is -4.96. The fourth-order valence-corrected chi connectivity index (χ4v) is 14.0. The summed E-state index contributed by atoms with van der Waals surface area (Å²) in [6, 6.07) is 0. The number of aliphatic hydroxyl groups excluding tert-OH is 1. The Morgan fingerprint density at radius 2 is 0.465 bits per heavy atom. The summed E-state index contributed by atoms with van der Waals surface area (Å²) in [5.74, 6) is -1.30. The smallest absolute Gasteiger partial charge is 0.462 e. The lowest BCUT2D eigenvalue weighted by molar-refractivity contribution is -0.161. The lowest BCUT2D eigenvalue weighted by Crippen LogP contribution is -2.30. The van der Waals surface area contributed by atoms with Gasteiger partial charge in [-0.05, 0) is 31.6 Å². The largest absolute Gasteiger partial charge is 0.472 e. The van der Waals surface area contributed by atoms with E-state index in [0.29, 0.717) is 25.7 Å². The second kappa shape index (κ2) is 73.0. The van der Waals surface area contributed by atoms with Gasteiger partial charge in [-0.3, -0.25) is 37.3 Å². The van der Waals surface area contributed by atoms with E-state index < -0.39 is 97.5 Å². The summed E-state index contributed by atoms with van der Waals surface area (Å²) >= 11 is 0. The maximum Gasteiger partial charge on any atom is 0.472 e. The summed E-state index contributed by atoms with van der Waals surface area (Å²) in [5.41, 5.74) is 0. The van der Waals surface area contributed by atoms with Crippen molar-refractivity contribution in [3.63, 3.8) is 0 Å². The van der Waals surface area contributed by atoms with Gasteiger partial charge in [-0.15, -0.1) is 0 Å². The number of hydrogen-bond acceptors (Lipinski definition) is 15. The second-order valence-corrected chi connectivity index (χ2v) is 32.2. The van der Waals surface area contributed by atoms with Crippen LogP contribution in [0.2, 0.25) is 0 Å². The summed E-state index contributed by atoms with van der Waals surface area (Å²) in [6.07, 6.45) is 64.3. The first-order valence-electron chi connectivity index (χ1n) is 41.6. The second-order valence-electron chi connectivity index (χ2n) is 29.3. The quantitative estimate of drug-likeness (QED) is 0.0222. The highest BCUT2D eigenvalue weighted by molar-refractivity contribution is 7.47. The normalized spacial score (nSPS) is 13.9. The predicted octanol–water partition coefficient (Wildman–Crippen LogP) is 24.0. The van der Waals surface area contributed by atoms with Crippen LogP contribution in [0.4, 0.5) is 0 Å². The molecule has 0 aromatic rings. The van der Waals surface area contributed by atoms with Crippen LogP contribution >= 0.6 is 15.6 Å². The van der Waals surface area contributed by atoms with Crippen LogP contribution in [-0.2, 0) is 65.4 Å². The van der Waals surface area contributed by atoms with Crippen LogP contribution in [0.3, 0.4) is 0 Å². The highest BCUT2D eigenvalue weighted by atomic mass is 31.2. The fraction of sp³-hybridized carbons (Fsp3) is 0.950. The molecule has 0 radical (unpaired) electrons. The lowest BCUT2D eigenvalue weighted by atomic mass is 10.0. The average molecular weight is 1450 g/mol. The van der Waals surface area contributed by atoms with Crippen molar-refractivity contribution in [2.24, 2.45) is 5.92 Å². The van der Waals surface area contributed by atoms with Crippen molar-refractivity contribution in [1.82, 2.24) is 0 Å². The third kappa shape index (κ3) is 74.1. The number of aliphatic hydroxyl groups is 1. The van der Waals surface area contributed by atoms with E-state index in [9.17, 15) is 43.2 Å². The number of rotatable bonds is 80. The minimum Gasteiger partial charge on any atom is -0.462 e. The Labute approximate surface area is 607 Å². The molecule has 0 saturated carbocycles. The summed E-state index contributed by atoms with van der Waals surface area (Å²) in [7, 11) is -9.91. The molecule has 19 heteroatoms. The molecule has 0 aliphatic rings. The Morgan fingerprint density at radius 3 is 0.687 bits per heavy atom. The van der Waals surface area contributed by atoms with Gasteiger partial charge in [0.25, 0.3) is 0 Å². The molecule has 0 saturated heterocycles. The molecule has 5 atom stereocenters. The summed E-state index contributed by atoms with van der Waals surface area (Å²) < 4.78 is 68.5. The Hall–Kier alpha value is -1.94. The number of phosphoric ester groups is 2. The van der Waals surface area contributed by atoms with Gasteiger partial charge in [0.2, 0.25) is 0 Å². The zero-order chi connectivity index (χ0) is 72.7. The van der Waals surface area contributed by atoms with Crippen molar-refractivity contribution in [3.8, 4) is 0 Å². The molecule has 2 unspecified atom stereocenters. The minimum absolute atomic E-state index is 0.108. The molecular formula is C80H156O17P2. The number of carbonyl (C=O) groups is 4. The molecule has 0 amide bonds. The maximum absolute atomic E-state index is 13.1. The van der Waals surface area contributed by atoms with Gasteiger partial charge < -0.3 is 33.8 Å².